The number of rotatable bonds is 7. The Morgan fingerprint density at radius 2 is 2.18 bits per heavy atom. The molecule has 102 valence electrons. The van der Waals surface area contributed by atoms with Crippen LogP contribution in [0.15, 0.2) is 0 Å². The molecule has 0 radical (unpaired) electrons. The summed E-state index contributed by atoms with van der Waals surface area (Å²) in [5, 5.41) is 9.76. The molecule has 0 spiro atoms. The molecule has 1 saturated heterocycles. The Morgan fingerprint density at radius 1 is 1.41 bits per heavy atom. The Labute approximate surface area is 105 Å². The van der Waals surface area contributed by atoms with Crippen LogP contribution in [-0.4, -0.2) is 54.7 Å². The van der Waals surface area contributed by atoms with E-state index in [0.29, 0.717) is 13.2 Å². The van der Waals surface area contributed by atoms with Crippen molar-refractivity contribution in [2.75, 3.05) is 32.8 Å². The van der Waals surface area contributed by atoms with Crippen molar-refractivity contribution in [1.82, 2.24) is 4.90 Å². The van der Waals surface area contributed by atoms with Crippen molar-refractivity contribution in [3.63, 3.8) is 0 Å². The summed E-state index contributed by atoms with van der Waals surface area (Å²) in [6.07, 6.45) is 3.35. The largest absolute Gasteiger partial charge is 0.389 e. The van der Waals surface area contributed by atoms with Gasteiger partial charge in [-0.15, -0.1) is 0 Å². The molecule has 0 aromatic carbocycles. The van der Waals surface area contributed by atoms with E-state index < -0.39 is 5.60 Å². The summed E-state index contributed by atoms with van der Waals surface area (Å²) in [6.45, 7) is 9.72. The van der Waals surface area contributed by atoms with E-state index in [4.69, 9.17) is 9.47 Å². The highest BCUT2D eigenvalue weighted by Crippen LogP contribution is 2.13. The standard InChI is InChI=1S/C13H27NO3/c1-4-14(11-13(2,3)15)8-10-17-12-7-5-6-9-16-12/h12,15H,4-11H2,1-3H3. The summed E-state index contributed by atoms with van der Waals surface area (Å²) in [5.74, 6) is 0. The molecule has 1 rings (SSSR count). The van der Waals surface area contributed by atoms with E-state index in [2.05, 4.69) is 11.8 Å². The van der Waals surface area contributed by atoms with Crippen LogP contribution in [-0.2, 0) is 9.47 Å². The molecular formula is C13H27NO3. The number of hydrogen-bond acceptors (Lipinski definition) is 4. The predicted molar refractivity (Wildman–Crippen MR) is 68.0 cm³/mol. The summed E-state index contributed by atoms with van der Waals surface area (Å²) in [6, 6.07) is 0. The lowest BCUT2D eigenvalue weighted by Gasteiger charge is -2.29. The Hall–Kier alpha value is -0.160. The summed E-state index contributed by atoms with van der Waals surface area (Å²) in [4.78, 5) is 2.20. The molecule has 0 aliphatic carbocycles. The van der Waals surface area contributed by atoms with Gasteiger partial charge in [-0.1, -0.05) is 6.92 Å². The van der Waals surface area contributed by atoms with Crippen LogP contribution in [0.2, 0.25) is 0 Å². The van der Waals surface area contributed by atoms with Crippen molar-refractivity contribution in [3.05, 3.63) is 0 Å². The number of aliphatic hydroxyl groups is 1. The van der Waals surface area contributed by atoms with Gasteiger partial charge in [-0.25, -0.2) is 0 Å². The van der Waals surface area contributed by atoms with Gasteiger partial charge in [0, 0.05) is 19.7 Å². The van der Waals surface area contributed by atoms with E-state index in [1.165, 1.54) is 6.42 Å². The predicted octanol–water partition coefficient (Wildman–Crippen LogP) is 1.62. The van der Waals surface area contributed by atoms with Crippen LogP contribution in [0.4, 0.5) is 0 Å². The lowest BCUT2D eigenvalue weighted by Crippen LogP contribution is -2.40. The van der Waals surface area contributed by atoms with Crippen LogP contribution >= 0.6 is 0 Å². The lowest BCUT2D eigenvalue weighted by molar-refractivity contribution is -0.164. The molecule has 1 unspecified atom stereocenters. The first kappa shape index (κ1) is 14.9. The normalized spacial score (nSPS) is 22.1. The van der Waals surface area contributed by atoms with Gasteiger partial charge in [0.05, 0.1) is 12.2 Å². The van der Waals surface area contributed by atoms with Crippen LogP contribution < -0.4 is 0 Å². The maximum atomic E-state index is 9.76. The third-order valence-corrected chi connectivity index (χ3v) is 2.91. The minimum absolute atomic E-state index is 0.00964. The van der Waals surface area contributed by atoms with Gasteiger partial charge in [0.15, 0.2) is 6.29 Å². The van der Waals surface area contributed by atoms with Gasteiger partial charge < -0.3 is 14.6 Å². The minimum Gasteiger partial charge on any atom is -0.389 e. The van der Waals surface area contributed by atoms with Crippen LogP contribution in [0.1, 0.15) is 40.0 Å². The highest BCUT2D eigenvalue weighted by Gasteiger charge is 2.18. The Morgan fingerprint density at radius 3 is 2.71 bits per heavy atom. The van der Waals surface area contributed by atoms with Crippen LogP contribution in [0.3, 0.4) is 0 Å². The third kappa shape index (κ3) is 6.99. The minimum atomic E-state index is -0.642. The quantitative estimate of drug-likeness (QED) is 0.740. The summed E-state index contributed by atoms with van der Waals surface area (Å²) >= 11 is 0. The molecule has 0 aromatic heterocycles. The van der Waals surface area contributed by atoms with Crippen LogP contribution in [0.5, 0.6) is 0 Å². The number of hydrogen-bond donors (Lipinski definition) is 1. The molecule has 1 N–H and O–H groups in total. The Bertz CT molecular complexity index is 197. The lowest BCUT2D eigenvalue weighted by atomic mass is 10.1. The highest BCUT2D eigenvalue weighted by molar-refractivity contribution is 4.71. The fourth-order valence-corrected chi connectivity index (χ4v) is 2.05. The second-order valence-electron chi connectivity index (χ2n) is 5.35. The van der Waals surface area contributed by atoms with Crippen molar-refractivity contribution >= 4 is 0 Å². The number of likely N-dealkylation sites (N-methyl/N-ethyl adjacent to an activating group) is 1. The van der Waals surface area contributed by atoms with Crippen molar-refractivity contribution in [2.24, 2.45) is 0 Å². The van der Waals surface area contributed by atoms with E-state index in [1.54, 1.807) is 0 Å². The van der Waals surface area contributed by atoms with Gasteiger partial charge >= 0.3 is 0 Å². The van der Waals surface area contributed by atoms with Crippen molar-refractivity contribution in [2.45, 2.75) is 51.9 Å². The van der Waals surface area contributed by atoms with Crippen molar-refractivity contribution in [3.8, 4) is 0 Å². The highest BCUT2D eigenvalue weighted by atomic mass is 16.7. The first-order valence-electron chi connectivity index (χ1n) is 6.69. The molecule has 17 heavy (non-hydrogen) atoms. The molecule has 1 fully saturated rings. The average Bonchev–Trinajstić information content (AvgIpc) is 2.27. The third-order valence-electron chi connectivity index (χ3n) is 2.91. The van der Waals surface area contributed by atoms with E-state index in [0.717, 1.165) is 32.5 Å². The van der Waals surface area contributed by atoms with Gasteiger partial charge in [0.2, 0.25) is 0 Å². The summed E-state index contributed by atoms with van der Waals surface area (Å²) in [5.41, 5.74) is -0.642. The number of ether oxygens (including phenoxy) is 2. The van der Waals surface area contributed by atoms with Gasteiger partial charge in [-0.2, -0.15) is 0 Å². The molecular weight excluding hydrogens is 218 g/mol. The van der Waals surface area contributed by atoms with E-state index in [1.807, 2.05) is 13.8 Å². The van der Waals surface area contributed by atoms with Crippen LogP contribution in [0.25, 0.3) is 0 Å². The van der Waals surface area contributed by atoms with Gasteiger partial charge in [0.25, 0.3) is 0 Å². The SMILES string of the molecule is CCN(CCOC1CCCCO1)CC(C)(C)O. The molecule has 1 heterocycles. The molecule has 0 bridgehead atoms. The average molecular weight is 245 g/mol. The zero-order valence-corrected chi connectivity index (χ0v) is 11.4. The zero-order valence-electron chi connectivity index (χ0n) is 11.4. The van der Waals surface area contributed by atoms with E-state index in [9.17, 15) is 5.11 Å². The van der Waals surface area contributed by atoms with Gasteiger partial charge in [-0.3, -0.25) is 4.90 Å². The molecule has 0 aromatic rings. The molecule has 4 nitrogen and oxygen atoms in total. The molecule has 1 aliphatic rings. The molecule has 0 amide bonds. The van der Waals surface area contributed by atoms with Gasteiger partial charge in [-0.05, 0) is 39.7 Å². The second kappa shape index (κ2) is 7.31. The topological polar surface area (TPSA) is 41.9 Å². The summed E-state index contributed by atoms with van der Waals surface area (Å²) in [7, 11) is 0. The maximum absolute atomic E-state index is 9.76. The smallest absolute Gasteiger partial charge is 0.157 e. The monoisotopic (exact) mass is 245 g/mol. The molecule has 1 aliphatic heterocycles. The maximum Gasteiger partial charge on any atom is 0.157 e. The first-order valence-corrected chi connectivity index (χ1v) is 6.69. The van der Waals surface area contributed by atoms with Crippen molar-refractivity contribution in [1.29, 1.82) is 0 Å². The zero-order chi connectivity index (χ0) is 12.7. The molecule has 1 atom stereocenters. The Balaban J connectivity index is 2.14. The van der Waals surface area contributed by atoms with Crippen molar-refractivity contribution < 1.29 is 14.6 Å². The fourth-order valence-electron chi connectivity index (χ4n) is 2.05. The second-order valence-corrected chi connectivity index (χ2v) is 5.35. The first-order chi connectivity index (χ1) is 8.01. The number of nitrogens with zero attached hydrogens (tertiary/aromatic N) is 1. The fraction of sp³-hybridized carbons (Fsp3) is 1.00. The molecule has 0 saturated carbocycles. The Kier molecular flexibility index (Phi) is 6.41. The van der Waals surface area contributed by atoms with Crippen LogP contribution in [0, 0.1) is 0 Å². The van der Waals surface area contributed by atoms with Gasteiger partial charge in [0.1, 0.15) is 0 Å². The molecule has 4 heteroatoms. The van der Waals surface area contributed by atoms with E-state index in [-0.39, 0.29) is 6.29 Å². The van der Waals surface area contributed by atoms with E-state index >= 15 is 0 Å². The summed E-state index contributed by atoms with van der Waals surface area (Å²) < 4.78 is 11.2.